The highest BCUT2D eigenvalue weighted by Crippen LogP contribution is 2.20. The lowest BCUT2D eigenvalue weighted by molar-refractivity contribution is 0.0981. The summed E-state index contributed by atoms with van der Waals surface area (Å²) in [6.07, 6.45) is 2.72. The molecule has 0 aromatic heterocycles. The number of hydrogen-bond donors (Lipinski definition) is 0. The van der Waals surface area contributed by atoms with Gasteiger partial charge in [0.05, 0.1) is 0 Å². The predicted octanol–water partition coefficient (Wildman–Crippen LogP) is 0.0672. The van der Waals surface area contributed by atoms with Crippen LogP contribution in [0.2, 0.25) is 0 Å². The first-order valence-corrected chi connectivity index (χ1v) is 3.73. The van der Waals surface area contributed by atoms with E-state index in [9.17, 15) is 0 Å². The normalized spacial score (nSPS) is 43.7. The van der Waals surface area contributed by atoms with Crippen LogP contribution in [0, 0.1) is 0 Å². The summed E-state index contributed by atoms with van der Waals surface area (Å²) < 4.78 is 0. The molecule has 2 unspecified atom stereocenters. The summed E-state index contributed by atoms with van der Waals surface area (Å²) in [6, 6.07) is 1.47. The summed E-state index contributed by atoms with van der Waals surface area (Å²) in [6.45, 7) is 2.31. The number of hydrogen-bond acceptors (Lipinski definition) is 1. The van der Waals surface area contributed by atoms with Gasteiger partial charge in [-0.15, -0.1) is 0 Å². The van der Waals surface area contributed by atoms with Crippen molar-refractivity contribution in [1.82, 2.24) is 10.2 Å². The zero-order valence-corrected chi connectivity index (χ0v) is 5.88. The van der Waals surface area contributed by atoms with Gasteiger partial charge in [-0.3, -0.25) is 0 Å². The highest BCUT2D eigenvalue weighted by atomic mass is 15.2. The van der Waals surface area contributed by atoms with Crippen molar-refractivity contribution < 1.29 is 0 Å². The van der Waals surface area contributed by atoms with Gasteiger partial charge in [0, 0.05) is 25.2 Å². The maximum absolute atomic E-state index is 4.51. The van der Waals surface area contributed by atoms with Crippen LogP contribution in [-0.2, 0) is 0 Å². The Morgan fingerprint density at radius 1 is 1.44 bits per heavy atom. The topological polar surface area (TPSA) is 17.3 Å². The van der Waals surface area contributed by atoms with E-state index in [4.69, 9.17) is 0 Å². The van der Waals surface area contributed by atoms with E-state index in [1.165, 1.54) is 19.4 Å². The van der Waals surface area contributed by atoms with Gasteiger partial charge in [-0.2, -0.15) is 0 Å². The summed E-state index contributed by atoms with van der Waals surface area (Å²) in [7, 11) is 2.21. The average molecular weight is 125 g/mol. The molecule has 2 nitrogen and oxygen atoms in total. The zero-order valence-electron chi connectivity index (χ0n) is 5.88. The first kappa shape index (κ1) is 5.69. The van der Waals surface area contributed by atoms with Gasteiger partial charge in [0.15, 0.2) is 0 Å². The van der Waals surface area contributed by atoms with Crippen molar-refractivity contribution >= 4 is 0 Å². The lowest BCUT2D eigenvalue weighted by atomic mass is 9.94. The monoisotopic (exact) mass is 125 g/mol. The van der Waals surface area contributed by atoms with E-state index in [1.807, 2.05) is 0 Å². The van der Waals surface area contributed by atoms with Crippen LogP contribution in [0.15, 0.2) is 0 Å². The molecule has 0 amide bonds. The fourth-order valence-corrected chi connectivity index (χ4v) is 1.83. The third kappa shape index (κ3) is 0.864. The van der Waals surface area contributed by atoms with E-state index in [1.54, 1.807) is 0 Å². The first-order valence-electron chi connectivity index (χ1n) is 3.73. The number of likely N-dealkylation sites (N-methyl/N-ethyl adjacent to an activating group) is 1. The fraction of sp³-hybridized carbons (Fsp3) is 1.00. The molecule has 51 valence electrons. The van der Waals surface area contributed by atoms with E-state index < -0.39 is 0 Å². The van der Waals surface area contributed by atoms with Crippen LogP contribution in [-0.4, -0.2) is 37.1 Å². The SMILES string of the molecule is CN1CC2CCC1C[N]2. The third-order valence-electron chi connectivity index (χ3n) is 2.53. The van der Waals surface area contributed by atoms with Crippen LogP contribution < -0.4 is 5.32 Å². The van der Waals surface area contributed by atoms with Gasteiger partial charge in [0.25, 0.3) is 0 Å². The largest absolute Gasteiger partial charge is 0.300 e. The lowest BCUT2D eigenvalue weighted by Gasteiger charge is -2.42. The molecule has 0 N–H and O–H groups in total. The molecule has 3 rings (SSSR count). The van der Waals surface area contributed by atoms with Crippen molar-refractivity contribution in [3.63, 3.8) is 0 Å². The predicted molar refractivity (Wildman–Crippen MR) is 36.4 cm³/mol. The lowest BCUT2D eigenvalue weighted by Crippen LogP contribution is -2.56. The maximum Gasteiger partial charge on any atom is 0.0374 e. The summed E-state index contributed by atoms with van der Waals surface area (Å²) in [5.41, 5.74) is 0. The number of nitrogens with zero attached hydrogens (tertiary/aromatic N) is 2. The zero-order chi connectivity index (χ0) is 6.27. The Balaban J connectivity index is 2.06. The van der Waals surface area contributed by atoms with E-state index >= 15 is 0 Å². The second kappa shape index (κ2) is 1.96. The minimum Gasteiger partial charge on any atom is -0.300 e. The van der Waals surface area contributed by atoms with Crippen molar-refractivity contribution in [3.05, 3.63) is 0 Å². The molecule has 3 fully saturated rings. The summed E-state index contributed by atoms with van der Waals surface area (Å²) in [4.78, 5) is 2.45. The minimum absolute atomic E-state index is 0.681. The average Bonchev–Trinajstić information content (AvgIpc) is 1.90. The van der Waals surface area contributed by atoms with Gasteiger partial charge in [-0.1, -0.05) is 0 Å². The molecule has 9 heavy (non-hydrogen) atoms. The Morgan fingerprint density at radius 2 is 2.33 bits per heavy atom. The molecule has 3 aliphatic heterocycles. The molecular weight excluding hydrogens is 112 g/mol. The molecule has 0 aromatic carbocycles. The minimum atomic E-state index is 0.681. The molecule has 0 aliphatic carbocycles. The van der Waals surface area contributed by atoms with Crippen molar-refractivity contribution in [2.45, 2.75) is 24.9 Å². The van der Waals surface area contributed by atoms with Crippen molar-refractivity contribution in [2.75, 3.05) is 20.1 Å². The molecule has 3 saturated heterocycles. The van der Waals surface area contributed by atoms with E-state index in [0.29, 0.717) is 6.04 Å². The summed E-state index contributed by atoms with van der Waals surface area (Å²) in [5, 5.41) is 4.51. The van der Waals surface area contributed by atoms with E-state index in [0.717, 1.165) is 12.6 Å². The Morgan fingerprint density at radius 3 is 2.56 bits per heavy atom. The number of piperidine rings is 2. The molecule has 2 bridgehead atoms. The number of rotatable bonds is 0. The van der Waals surface area contributed by atoms with Gasteiger partial charge in [0.2, 0.25) is 0 Å². The summed E-state index contributed by atoms with van der Waals surface area (Å²) >= 11 is 0. The molecule has 0 saturated carbocycles. The molecule has 2 heteroatoms. The highest BCUT2D eigenvalue weighted by molar-refractivity contribution is 4.90. The molecule has 2 atom stereocenters. The Kier molecular flexibility index (Phi) is 1.24. The van der Waals surface area contributed by atoms with Crippen LogP contribution in [0.25, 0.3) is 0 Å². The second-order valence-corrected chi connectivity index (χ2v) is 3.19. The van der Waals surface area contributed by atoms with Gasteiger partial charge >= 0.3 is 0 Å². The molecule has 1 radical (unpaired) electrons. The van der Waals surface area contributed by atoms with Crippen LogP contribution in [0.3, 0.4) is 0 Å². The quantitative estimate of drug-likeness (QED) is 0.448. The van der Waals surface area contributed by atoms with Gasteiger partial charge < -0.3 is 4.90 Å². The summed E-state index contributed by atoms with van der Waals surface area (Å²) in [5.74, 6) is 0. The Hall–Kier alpha value is -0.0800. The number of piperazine rings is 1. The van der Waals surface area contributed by atoms with Gasteiger partial charge in [-0.25, -0.2) is 5.32 Å². The van der Waals surface area contributed by atoms with Gasteiger partial charge in [-0.05, 0) is 19.9 Å². The van der Waals surface area contributed by atoms with Crippen molar-refractivity contribution in [3.8, 4) is 0 Å². The maximum atomic E-state index is 4.51. The first-order chi connectivity index (χ1) is 4.36. The molecule has 0 spiro atoms. The molecule has 3 heterocycles. The van der Waals surface area contributed by atoms with Crippen LogP contribution in [0.1, 0.15) is 12.8 Å². The van der Waals surface area contributed by atoms with Crippen LogP contribution >= 0.6 is 0 Å². The van der Waals surface area contributed by atoms with E-state index in [-0.39, 0.29) is 0 Å². The Bertz CT molecular complexity index is 105. The number of fused-ring (bicyclic) bond motifs is 3. The molecule has 0 aromatic rings. The van der Waals surface area contributed by atoms with E-state index in [2.05, 4.69) is 17.3 Å². The van der Waals surface area contributed by atoms with Crippen molar-refractivity contribution in [1.29, 1.82) is 0 Å². The third-order valence-corrected chi connectivity index (χ3v) is 2.53. The second-order valence-electron chi connectivity index (χ2n) is 3.19. The van der Waals surface area contributed by atoms with Crippen molar-refractivity contribution in [2.24, 2.45) is 0 Å². The highest BCUT2D eigenvalue weighted by Gasteiger charge is 2.31. The standard InChI is InChI=1S/C7H13N2/c1-9-5-6-2-3-7(9)4-8-6/h6-7H,2-5H2,1H3. The molecular formula is C7H13N2. The van der Waals surface area contributed by atoms with Crippen LogP contribution in [0.5, 0.6) is 0 Å². The molecule has 3 aliphatic rings. The smallest absolute Gasteiger partial charge is 0.0374 e. The fourth-order valence-electron chi connectivity index (χ4n) is 1.83. The van der Waals surface area contributed by atoms with Crippen LogP contribution in [0.4, 0.5) is 0 Å². The van der Waals surface area contributed by atoms with Gasteiger partial charge in [0.1, 0.15) is 0 Å². The Labute approximate surface area is 56.2 Å².